The summed E-state index contributed by atoms with van der Waals surface area (Å²) in [5, 5.41) is 4.97. The Balaban J connectivity index is 1.39. The van der Waals surface area contributed by atoms with Gasteiger partial charge >= 0.3 is 0 Å². The Labute approximate surface area is 265 Å². The van der Waals surface area contributed by atoms with Crippen molar-refractivity contribution < 1.29 is 19.1 Å². The van der Waals surface area contributed by atoms with E-state index in [1.54, 1.807) is 18.4 Å². The van der Waals surface area contributed by atoms with Crippen LogP contribution in [0.25, 0.3) is 0 Å². The zero-order valence-corrected chi connectivity index (χ0v) is 26.7. The molecule has 1 fully saturated rings. The van der Waals surface area contributed by atoms with Crippen molar-refractivity contribution in [3.63, 3.8) is 0 Å². The smallest absolute Gasteiger partial charge is 0.239 e. The van der Waals surface area contributed by atoms with Gasteiger partial charge in [-0.1, -0.05) is 48.5 Å². The lowest BCUT2D eigenvalue weighted by atomic mass is 9.85. The summed E-state index contributed by atoms with van der Waals surface area (Å²) in [6, 6.07) is 21.7. The summed E-state index contributed by atoms with van der Waals surface area (Å²) in [5.41, 5.74) is 7.96. The Morgan fingerprint density at radius 2 is 1.73 bits per heavy atom. The summed E-state index contributed by atoms with van der Waals surface area (Å²) in [6.07, 6.45) is 2.72. The van der Waals surface area contributed by atoms with Gasteiger partial charge in [0.05, 0.1) is 25.2 Å². The van der Waals surface area contributed by atoms with Crippen LogP contribution in [0.3, 0.4) is 0 Å². The minimum absolute atomic E-state index is 0.0737. The number of nitrogens with two attached hydrogens (primary N) is 1. The van der Waals surface area contributed by atoms with Crippen LogP contribution >= 0.6 is 11.3 Å². The number of para-hydroxylation sites is 1. The Bertz CT molecular complexity index is 1340. The molecular formula is C34H45N5O4S. The topological polar surface area (TPSA) is 108 Å². The molecule has 0 unspecified atom stereocenters. The van der Waals surface area contributed by atoms with Gasteiger partial charge in [0.2, 0.25) is 17.7 Å². The van der Waals surface area contributed by atoms with E-state index in [0.29, 0.717) is 13.2 Å². The summed E-state index contributed by atoms with van der Waals surface area (Å²) < 4.78 is 5.74. The molecule has 9 nitrogen and oxygen atoms in total. The van der Waals surface area contributed by atoms with Crippen molar-refractivity contribution in [3.05, 3.63) is 88.1 Å². The number of amides is 3. The number of carbonyl (C=O) groups excluding carboxylic acids is 3. The third-order valence-corrected chi connectivity index (χ3v) is 9.27. The van der Waals surface area contributed by atoms with Gasteiger partial charge in [0, 0.05) is 56.8 Å². The van der Waals surface area contributed by atoms with Crippen LogP contribution in [0.15, 0.2) is 72.1 Å². The molecule has 1 aliphatic rings. The number of aryl methyl sites for hydroxylation is 1. The van der Waals surface area contributed by atoms with Crippen LogP contribution in [0.2, 0.25) is 0 Å². The molecule has 1 aromatic heterocycles. The van der Waals surface area contributed by atoms with Gasteiger partial charge in [0.25, 0.3) is 0 Å². The van der Waals surface area contributed by atoms with E-state index in [4.69, 9.17) is 10.5 Å². The molecule has 236 valence electrons. The lowest BCUT2D eigenvalue weighted by molar-refractivity contribution is -0.135. The molecule has 4 rings (SSSR count). The van der Waals surface area contributed by atoms with Crippen molar-refractivity contribution in [2.45, 2.75) is 44.7 Å². The summed E-state index contributed by atoms with van der Waals surface area (Å²) in [5.74, 6) is -0.710. The highest BCUT2D eigenvalue weighted by atomic mass is 32.1. The first kappa shape index (κ1) is 33.3. The highest BCUT2D eigenvalue weighted by Gasteiger charge is 2.43. The van der Waals surface area contributed by atoms with E-state index in [0.717, 1.165) is 55.7 Å². The van der Waals surface area contributed by atoms with E-state index >= 15 is 0 Å². The fourth-order valence-corrected chi connectivity index (χ4v) is 6.58. The molecule has 2 aromatic carbocycles. The molecule has 3 aromatic rings. The fourth-order valence-electron chi connectivity index (χ4n) is 5.88. The number of hydrogen-bond donors (Lipinski definition) is 2. The maximum absolute atomic E-state index is 13.9. The van der Waals surface area contributed by atoms with Crippen LogP contribution in [0.5, 0.6) is 0 Å². The van der Waals surface area contributed by atoms with Crippen molar-refractivity contribution in [1.82, 2.24) is 15.1 Å². The number of benzene rings is 2. The molecule has 1 aliphatic heterocycles. The predicted molar refractivity (Wildman–Crippen MR) is 176 cm³/mol. The fraction of sp³-hybridized carbons (Fsp3) is 0.441. The Morgan fingerprint density at radius 1 is 1.00 bits per heavy atom. The summed E-state index contributed by atoms with van der Waals surface area (Å²) in [6.45, 7) is 5.26. The van der Waals surface area contributed by atoms with Crippen molar-refractivity contribution in [1.29, 1.82) is 0 Å². The average Bonchev–Trinajstić information content (AvgIpc) is 3.56. The molecule has 3 N–H and O–H groups in total. The van der Waals surface area contributed by atoms with Crippen LogP contribution in [-0.4, -0.2) is 86.0 Å². The first-order valence-electron chi connectivity index (χ1n) is 15.3. The van der Waals surface area contributed by atoms with Gasteiger partial charge < -0.3 is 30.5 Å². The molecule has 0 bridgehead atoms. The zero-order chi connectivity index (χ0) is 31.4. The second-order valence-corrected chi connectivity index (χ2v) is 12.4. The van der Waals surface area contributed by atoms with Crippen LogP contribution in [0.1, 0.15) is 35.3 Å². The van der Waals surface area contributed by atoms with Gasteiger partial charge in [-0.2, -0.15) is 0 Å². The van der Waals surface area contributed by atoms with Gasteiger partial charge in [0.15, 0.2) is 0 Å². The standard InChI is InChI=1S/C34H45N5O4S/c1-27-9-6-7-10-28(27)24-38(33(42)23-35)25-31(40)36-18-14-32(41)39(29-11-4-3-5-12-29)34(26-43-2)16-20-37(21-17-34)19-15-30-13-8-22-44-30/h3-13,22H,14-21,23-26,35H2,1-2H3,(H,36,40). The number of thiophene rings is 1. The number of piperidine rings is 1. The van der Waals surface area contributed by atoms with E-state index in [9.17, 15) is 14.4 Å². The minimum Gasteiger partial charge on any atom is -0.382 e. The molecule has 0 saturated carbocycles. The lowest BCUT2D eigenvalue weighted by Gasteiger charge is -2.48. The molecule has 10 heteroatoms. The van der Waals surface area contributed by atoms with E-state index in [-0.39, 0.29) is 43.8 Å². The Kier molecular flexibility index (Phi) is 12.5. The molecule has 0 atom stereocenters. The number of nitrogens with one attached hydrogen (secondary N) is 1. The van der Waals surface area contributed by atoms with E-state index in [1.165, 1.54) is 9.78 Å². The monoisotopic (exact) mass is 619 g/mol. The third-order valence-electron chi connectivity index (χ3n) is 8.34. The SMILES string of the molecule is COCC1(N(C(=O)CCNC(=O)CN(Cc2ccccc2C)C(=O)CN)c2ccccc2)CCN(CCc2cccs2)CC1. The van der Waals surface area contributed by atoms with Crippen molar-refractivity contribution in [3.8, 4) is 0 Å². The highest BCUT2D eigenvalue weighted by Crippen LogP contribution is 2.34. The number of anilines is 1. The van der Waals surface area contributed by atoms with Crippen LogP contribution < -0.4 is 16.0 Å². The summed E-state index contributed by atoms with van der Waals surface area (Å²) >= 11 is 1.79. The minimum atomic E-state index is -0.492. The molecule has 0 aliphatic carbocycles. The average molecular weight is 620 g/mol. The quantitative estimate of drug-likeness (QED) is 0.269. The molecule has 1 saturated heterocycles. The number of nitrogens with zero attached hydrogens (tertiary/aromatic N) is 3. The molecule has 3 amide bonds. The maximum atomic E-state index is 13.9. The summed E-state index contributed by atoms with van der Waals surface area (Å²) in [7, 11) is 1.68. The molecular weight excluding hydrogens is 574 g/mol. The van der Waals surface area contributed by atoms with Crippen LogP contribution in [-0.2, 0) is 32.1 Å². The maximum Gasteiger partial charge on any atom is 0.239 e. The summed E-state index contributed by atoms with van der Waals surface area (Å²) in [4.78, 5) is 46.6. The largest absolute Gasteiger partial charge is 0.382 e. The number of likely N-dealkylation sites (tertiary alicyclic amines) is 1. The Morgan fingerprint density at radius 3 is 2.39 bits per heavy atom. The second-order valence-electron chi connectivity index (χ2n) is 11.4. The third kappa shape index (κ3) is 8.98. The Hall–Kier alpha value is -3.57. The normalized spacial score (nSPS) is 14.6. The van der Waals surface area contributed by atoms with Crippen molar-refractivity contribution in [2.75, 3.05) is 57.9 Å². The highest BCUT2D eigenvalue weighted by molar-refractivity contribution is 7.09. The number of ether oxygens (including phenoxy) is 1. The van der Waals surface area contributed by atoms with Gasteiger partial charge in [-0.25, -0.2) is 0 Å². The van der Waals surface area contributed by atoms with E-state index in [2.05, 4.69) is 27.7 Å². The van der Waals surface area contributed by atoms with Gasteiger partial charge in [0.1, 0.15) is 0 Å². The number of carbonyl (C=O) groups is 3. The van der Waals surface area contributed by atoms with Gasteiger partial charge in [-0.15, -0.1) is 11.3 Å². The number of hydrogen-bond acceptors (Lipinski definition) is 7. The van der Waals surface area contributed by atoms with E-state index < -0.39 is 5.54 Å². The van der Waals surface area contributed by atoms with E-state index in [1.807, 2.05) is 66.4 Å². The molecule has 0 spiro atoms. The first-order valence-corrected chi connectivity index (χ1v) is 16.1. The predicted octanol–water partition coefficient (Wildman–Crippen LogP) is 3.61. The lowest BCUT2D eigenvalue weighted by Crippen LogP contribution is -2.60. The van der Waals surface area contributed by atoms with Gasteiger partial charge in [-0.05, 0) is 60.9 Å². The molecule has 0 radical (unpaired) electrons. The zero-order valence-electron chi connectivity index (χ0n) is 25.9. The second kappa shape index (κ2) is 16.5. The van der Waals surface area contributed by atoms with Gasteiger partial charge in [-0.3, -0.25) is 14.4 Å². The van der Waals surface area contributed by atoms with Crippen LogP contribution in [0.4, 0.5) is 5.69 Å². The molecule has 2 heterocycles. The van der Waals surface area contributed by atoms with Crippen molar-refractivity contribution in [2.24, 2.45) is 5.73 Å². The number of methoxy groups -OCH3 is 1. The molecule has 44 heavy (non-hydrogen) atoms. The first-order chi connectivity index (χ1) is 21.3. The van der Waals surface area contributed by atoms with Crippen molar-refractivity contribution >= 4 is 34.7 Å². The van der Waals surface area contributed by atoms with Crippen LogP contribution in [0, 0.1) is 6.92 Å². The number of rotatable bonds is 15.